The summed E-state index contributed by atoms with van der Waals surface area (Å²) in [7, 11) is 0. The number of ether oxygens (including phenoxy) is 1. The van der Waals surface area contributed by atoms with Gasteiger partial charge in [-0.05, 0) is 37.5 Å². The van der Waals surface area contributed by atoms with Crippen molar-refractivity contribution in [2.75, 3.05) is 5.73 Å². The maximum absolute atomic E-state index is 5.98. The highest BCUT2D eigenvalue weighted by Gasteiger charge is 2.06. The molecule has 2 rings (SSSR count). The summed E-state index contributed by atoms with van der Waals surface area (Å²) in [5, 5.41) is 0. The van der Waals surface area contributed by atoms with E-state index in [0.29, 0.717) is 23.1 Å². The van der Waals surface area contributed by atoms with Crippen LogP contribution in [0, 0.1) is 6.92 Å². The van der Waals surface area contributed by atoms with E-state index in [2.05, 4.69) is 23.8 Å². The van der Waals surface area contributed by atoms with Gasteiger partial charge >= 0.3 is 0 Å². The molecule has 0 spiro atoms. The molecular formula is C15H19N3O. The Morgan fingerprint density at radius 3 is 2.53 bits per heavy atom. The summed E-state index contributed by atoms with van der Waals surface area (Å²) in [5.41, 5.74) is 8.77. The smallest absolute Gasteiger partial charge is 0.222 e. The summed E-state index contributed by atoms with van der Waals surface area (Å²) < 4.78 is 5.76. The molecule has 1 aromatic carbocycles. The van der Waals surface area contributed by atoms with Crippen LogP contribution in [0.1, 0.15) is 30.9 Å². The SMILES string of the molecule is CCc1ccc(Oc2cc(CC)nc(C)n2)c(N)c1. The van der Waals surface area contributed by atoms with E-state index in [1.807, 2.05) is 31.2 Å². The summed E-state index contributed by atoms with van der Waals surface area (Å²) >= 11 is 0. The van der Waals surface area contributed by atoms with Crippen molar-refractivity contribution in [3.05, 3.63) is 41.3 Å². The number of aryl methyl sites for hydroxylation is 3. The van der Waals surface area contributed by atoms with E-state index in [-0.39, 0.29) is 0 Å². The number of aromatic nitrogens is 2. The van der Waals surface area contributed by atoms with Crippen LogP contribution in [0.5, 0.6) is 11.6 Å². The predicted octanol–water partition coefficient (Wildman–Crippen LogP) is 3.28. The first-order chi connectivity index (χ1) is 9.12. The largest absolute Gasteiger partial charge is 0.437 e. The highest BCUT2D eigenvalue weighted by Crippen LogP contribution is 2.27. The monoisotopic (exact) mass is 257 g/mol. The normalized spacial score (nSPS) is 10.5. The van der Waals surface area contributed by atoms with Gasteiger partial charge in [0.1, 0.15) is 5.82 Å². The van der Waals surface area contributed by atoms with Crippen LogP contribution in [-0.4, -0.2) is 9.97 Å². The number of hydrogen-bond donors (Lipinski definition) is 1. The van der Waals surface area contributed by atoms with Gasteiger partial charge in [0, 0.05) is 11.8 Å². The molecule has 0 saturated heterocycles. The third-order valence-electron chi connectivity index (χ3n) is 2.93. The summed E-state index contributed by atoms with van der Waals surface area (Å²) in [6.45, 7) is 6.00. The lowest BCUT2D eigenvalue weighted by molar-refractivity contribution is 0.460. The Labute approximate surface area is 113 Å². The Hall–Kier alpha value is -2.10. The van der Waals surface area contributed by atoms with E-state index in [9.17, 15) is 0 Å². The zero-order valence-corrected chi connectivity index (χ0v) is 11.6. The van der Waals surface area contributed by atoms with E-state index in [0.717, 1.165) is 18.5 Å². The van der Waals surface area contributed by atoms with Crippen molar-refractivity contribution >= 4 is 5.69 Å². The first-order valence-corrected chi connectivity index (χ1v) is 6.53. The molecule has 0 unspecified atom stereocenters. The highest BCUT2D eigenvalue weighted by molar-refractivity contribution is 5.55. The molecule has 0 radical (unpaired) electrons. The van der Waals surface area contributed by atoms with Gasteiger partial charge in [-0.2, -0.15) is 4.98 Å². The van der Waals surface area contributed by atoms with E-state index >= 15 is 0 Å². The highest BCUT2D eigenvalue weighted by atomic mass is 16.5. The van der Waals surface area contributed by atoms with Crippen molar-refractivity contribution in [2.24, 2.45) is 0 Å². The molecule has 2 N–H and O–H groups in total. The van der Waals surface area contributed by atoms with Crippen LogP contribution in [-0.2, 0) is 12.8 Å². The standard InChI is InChI=1S/C15H19N3O/c1-4-11-6-7-14(13(16)8-11)19-15-9-12(5-2)17-10(3)18-15/h6-9H,4-5,16H2,1-3H3. The molecule has 0 aliphatic heterocycles. The minimum absolute atomic E-state index is 0.542. The summed E-state index contributed by atoms with van der Waals surface area (Å²) in [6, 6.07) is 7.68. The molecule has 0 amide bonds. The minimum Gasteiger partial charge on any atom is -0.437 e. The van der Waals surface area contributed by atoms with Crippen LogP contribution in [0.3, 0.4) is 0 Å². The Morgan fingerprint density at radius 2 is 1.89 bits per heavy atom. The molecule has 1 aromatic heterocycles. The fraction of sp³-hybridized carbons (Fsp3) is 0.333. The molecule has 19 heavy (non-hydrogen) atoms. The van der Waals surface area contributed by atoms with Gasteiger partial charge in [0.2, 0.25) is 5.88 Å². The van der Waals surface area contributed by atoms with Crippen molar-refractivity contribution in [2.45, 2.75) is 33.6 Å². The van der Waals surface area contributed by atoms with E-state index < -0.39 is 0 Å². The van der Waals surface area contributed by atoms with Crippen molar-refractivity contribution in [1.82, 2.24) is 9.97 Å². The number of nitrogens with two attached hydrogens (primary N) is 1. The summed E-state index contributed by atoms with van der Waals surface area (Å²) in [6.07, 6.45) is 1.81. The molecule has 1 heterocycles. The van der Waals surface area contributed by atoms with Gasteiger partial charge in [0.05, 0.1) is 5.69 Å². The molecule has 100 valence electrons. The fourth-order valence-corrected chi connectivity index (χ4v) is 1.86. The van der Waals surface area contributed by atoms with E-state index in [4.69, 9.17) is 10.5 Å². The second kappa shape index (κ2) is 5.69. The fourth-order valence-electron chi connectivity index (χ4n) is 1.86. The lowest BCUT2D eigenvalue weighted by Gasteiger charge is -2.10. The molecule has 0 bridgehead atoms. The van der Waals surface area contributed by atoms with Gasteiger partial charge in [-0.3, -0.25) is 0 Å². The summed E-state index contributed by atoms with van der Waals surface area (Å²) in [5.74, 6) is 1.88. The topological polar surface area (TPSA) is 61.0 Å². The van der Waals surface area contributed by atoms with Crippen LogP contribution >= 0.6 is 0 Å². The second-order valence-corrected chi connectivity index (χ2v) is 4.43. The molecule has 0 fully saturated rings. The minimum atomic E-state index is 0.542. The second-order valence-electron chi connectivity index (χ2n) is 4.43. The lowest BCUT2D eigenvalue weighted by atomic mass is 10.1. The predicted molar refractivity (Wildman–Crippen MR) is 76.5 cm³/mol. The Kier molecular flexibility index (Phi) is 4.00. The van der Waals surface area contributed by atoms with Crippen LogP contribution in [0.15, 0.2) is 24.3 Å². The maximum atomic E-state index is 5.98. The molecule has 0 aliphatic carbocycles. The Balaban J connectivity index is 2.28. The van der Waals surface area contributed by atoms with Crippen LogP contribution in [0.25, 0.3) is 0 Å². The van der Waals surface area contributed by atoms with Crippen molar-refractivity contribution < 1.29 is 4.74 Å². The molecular weight excluding hydrogens is 238 g/mol. The molecule has 0 saturated carbocycles. The van der Waals surface area contributed by atoms with Crippen LogP contribution in [0.2, 0.25) is 0 Å². The number of benzene rings is 1. The third kappa shape index (κ3) is 3.22. The molecule has 4 nitrogen and oxygen atoms in total. The number of hydrogen-bond acceptors (Lipinski definition) is 4. The third-order valence-corrected chi connectivity index (χ3v) is 2.93. The number of nitrogen functional groups attached to an aromatic ring is 1. The van der Waals surface area contributed by atoms with Gasteiger partial charge in [0.15, 0.2) is 5.75 Å². The van der Waals surface area contributed by atoms with Gasteiger partial charge in [-0.15, -0.1) is 0 Å². The zero-order valence-electron chi connectivity index (χ0n) is 11.6. The summed E-state index contributed by atoms with van der Waals surface area (Å²) in [4.78, 5) is 8.59. The maximum Gasteiger partial charge on any atom is 0.222 e. The number of anilines is 1. The number of rotatable bonds is 4. The first kappa shape index (κ1) is 13.3. The van der Waals surface area contributed by atoms with Crippen LogP contribution in [0.4, 0.5) is 5.69 Å². The molecule has 2 aromatic rings. The van der Waals surface area contributed by atoms with Gasteiger partial charge < -0.3 is 10.5 Å². The Morgan fingerprint density at radius 1 is 1.11 bits per heavy atom. The zero-order chi connectivity index (χ0) is 13.8. The average molecular weight is 257 g/mol. The molecule has 0 aliphatic rings. The lowest BCUT2D eigenvalue weighted by Crippen LogP contribution is -1.99. The van der Waals surface area contributed by atoms with Crippen LogP contribution < -0.4 is 10.5 Å². The van der Waals surface area contributed by atoms with E-state index in [1.54, 1.807) is 0 Å². The van der Waals surface area contributed by atoms with Gasteiger partial charge in [0.25, 0.3) is 0 Å². The van der Waals surface area contributed by atoms with Crippen molar-refractivity contribution in [3.8, 4) is 11.6 Å². The molecule has 4 heteroatoms. The van der Waals surface area contributed by atoms with Crippen molar-refractivity contribution in [1.29, 1.82) is 0 Å². The Bertz CT molecular complexity index is 582. The average Bonchev–Trinajstić information content (AvgIpc) is 2.40. The van der Waals surface area contributed by atoms with Gasteiger partial charge in [-0.25, -0.2) is 4.98 Å². The van der Waals surface area contributed by atoms with E-state index in [1.165, 1.54) is 5.56 Å². The van der Waals surface area contributed by atoms with Gasteiger partial charge in [-0.1, -0.05) is 19.9 Å². The quantitative estimate of drug-likeness (QED) is 0.854. The van der Waals surface area contributed by atoms with Crippen molar-refractivity contribution in [3.63, 3.8) is 0 Å². The number of nitrogens with zero attached hydrogens (tertiary/aromatic N) is 2. The molecule has 0 atom stereocenters. The first-order valence-electron chi connectivity index (χ1n) is 6.53.